The fourth-order valence-corrected chi connectivity index (χ4v) is 2.54. The van der Waals surface area contributed by atoms with Crippen LogP contribution in [0.4, 0.5) is 0 Å². The average molecular weight is 261 g/mol. The van der Waals surface area contributed by atoms with E-state index in [2.05, 4.69) is 29.8 Å². The Labute approximate surface area is 91.2 Å². The summed E-state index contributed by atoms with van der Waals surface area (Å²) in [5.74, 6) is 0.626. The van der Waals surface area contributed by atoms with Crippen LogP contribution in [0.3, 0.4) is 0 Å². The van der Waals surface area contributed by atoms with Crippen molar-refractivity contribution in [1.82, 2.24) is 4.90 Å². The minimum Gasteiger partial charge on any atom is -0.356 e. The zero-order chi connectivity index (χ0) is 9.84. The van der Waals surface area contributed by atoms with Crippen molar-refractivity contribution >= 4 is 33.1 Å². The molecule has 2 nitrogen and oxygen atoms in total. The maximum atomic E-state index is 7.92. The van der Waals surface area contributed by atoms with Gasteiger partial charge in [0.1, 0.15) is 5.84 Å². The molecule has 1 aromatic rings. The van der Waals surface area contributed by atoms with Crippen LogP contribution in [0.25, 0.3) is 0 Å². The van der Waals surface area contributed by atoms with Crippen molar-refractivity contribution < 1.29 is 0 Å². The summed E-state index contributed by atoms with van der Waals surface area (Å²) in [6, 6.07) is 1.99. The molecule has 1 N–H and O–H groups in total. The number of rotatable bonds is 3. The third-order valence-corrected chi connectivity index (χ3v) is 3.58. The molecule has 0 atom stereocenters. The Balaban J connectivity index is 2.78. The Morgan fingerprint density at radius 2 is 2.15 bits per heavy atom. The van der Waals surface area contributed by atoms with Crippen molar-refractivity contribution in [3.8, 4) is 0 Å². The minimum absolute atomic E-state index is 0.626. The number of nitrogens with one attached hydrogen (secondary N) is 1. The first-order chi connectivity index (χ1) is 6.19. The predicted octanol–water partition coefficient (Wildman–Crippen LogP) is 3.18. The SMILES string of the molecule is CCN(CC)C(=N)c1cc(Br)cs1. The van der Waals surface area contributed by atoms with Crippen molar-refractivity contribution in [3.05, 3.63) is 20.8 Å². The second-order valence-corrected chi connectivity index (χ2v) is 4.48. The molecule has 0 saturated carbocycles. The number of halogens is 1. The van der Waals surface area contributed by atoms with Gasteiger partial charge in [0.15, 0.2) is 0 Å². The highest BCUT2D eigenvalue weighted by molar-refractivity contribution is 9.10. The largest absolute Gasteiger partial charge is 0.356 e. The molecule has 0 radical (unpaired) electrons. The second-order valence-electron chi connectivity index (χ2n) is 2.65. The molecular weight excluding hydrogens is 248 g/mol. The van der Waals surface area contributed by atoms with Gasteiger partial charge in [0.25, 0.3) is 0 Å². The van der Waals surface area contributed by atoms with E-state index in [1.54, 1.807) is 11.3 Å². The molecule has 4 heteroatoms. The van der Waals surface area contributed by atoms with Gasteiger partial charge in [0.2, 0.25) is 0 Å². The summed E-state index contributed by atoms with van der Waals surface area (Å²) in [5.41, 5.74) is 0. The van der Waals surface area contributed by atoms with Crippen LogP contribution in [0.1, 0.15) is 18.7 Å². The first kappa shape index (κ1) is 10.7. The Kier molecular flexibility index (Phi) is 3.93. The lowest BCUT2D eigenvalue weighted by molar-refractivity contribution is 0.464. The first-order valence-electron chi connectivity index (χ1n) is 4.27. The molecule has 0 saturated heterocycles. The van der Waals surface area contributed by atoms with Crippen molar-refractivity contribution in [3.63, 3.8) is 0 Å². The summed E-state index contributed by atoms with van der Waals surface area (Å²) in [6.45, 7) is 5.93. The average Bonchev–Trinajstić information content (AvgIpc) is 2.54. The Bertz CT molecular complexity index is 292. The van der Waals surface area contributed by atoms with E-state index in [0.717, 1.165) is 22.4 Å². The van der Waals surface area contributed by atoms with Gasteiger partial charge in [0, 0.05) is 22.9 Å². The molecule has 72 valence electrons. The van der Waals surface area contributed by atoms with E-state index < -0.39 is 0 Å². The molecule has 0 aromatic carbocycles. The standard InChI is InChI=1S/C9H13BrN2S/c1-3-12(4-2)9(11)8-5-7(10)6-13-8/h5-6,11H,3-4H2,1-2H3. The molecule has 1 aromatic heterocycles. The van der Waals surface area contributed by atoms with Crippen LogP contribution in [0.15, 0.2) is 15.9 Å². The van der Waals surface area contributed by atoms with Crippen molar-refractivity contribution in [2.75, 3.05) is 13.1 Å². The number of hydrogen-bond donors (Lipinski definition) is 1. The van der Waals surface area contributed by atoms with Crippen LogP contribution in [0.5, 0.6) is 0 Å². The first-order valence-corrected chi connectivity index (χ1v) is 5.94. The van der Waals surface area contributed by atoms with Gasteiger partial charge in [-0.15, -0.1) is 11.3 Å². The monoisotopic (exact) mass is 260 g/mol. The van der Waals surface area contributed by atoms with Crippen LogP contribution in [-0.4, -0.2) is 23.8 Å². The van der Waals surface area contributed by atoms with Crippen molar-refractivity contribution in [1.29, 1.82) is 5.41 Å². The maximum absolute atomic E-state index is 7.92. The number of amidine groups is 1. The summed E-state index contributed by atoms with van der Waals surface area (Å²) in [4.78, 5) is 3.06. The highest BCUT2D eigenvalue weighted by atomic mass is 79.9. The van der Waals surface area contributed by atoms with E-state index in [0.29, 0.717) is 5.84 Å². The normalized spacial score (nSPS) is 10.1. The molecule has 0 amide bonds. The van der Waals surface area contributed by atoms with Crippen LogP contribution in [0, 0.1) is 5.41 Å². The van der Waals surface area contributed by atoms with Gasteiger partial charge in [0.05, 0.1) is 4.88 Å². The van der Waals surface area contributed by atoms with Gasteiger partial charge in [-0.05, 0) is 35.8 Å². The second kappa shape index (κ2) is 4.77. The topological polar surface area (TPSA) is 27.1 Å². The van der Waals surface area contributed by atoms with E-state index in [9.17, 15) is 0 Å². The van der Waals surface area contributed by atoms with Gasteiger partial charge in [-0.2, -0.15) is 0 Å². The summed E-state index contributed by atoms with van der Waals surface area (Å²) < 4.78 is 1.06. The molecule has 0 bridgehead atoms. The Morgan fingerprint density at radius 3 is 2.54 bits per heavy atom. The summed E-state index contributed by atoms with van der Waals surface area (Å²) in [7, 11) is 0. The lowest BCUT2D eigenvalue weighted by atomic mass is 10.4. The van der Waals surface area contributed by atoms with Gasteiger partial charge in [-0.1, -0.05) is 0 Å². The number of hydrogen-bond acceptors (Lipinski definition) is 2. The predicted molar refractivity (Wildman–Crippen MR) is 61.8 cm³/mol. The highest BCUT2D eigenvalue weighted by Crippen LogP contribution is 2.20. The molecule has 0 aliphatic carbocycles. The summed E-state index contributed by atoms with van der Waals surface area (Å²) in [5, 5.41) is 9.92. The van der Waals surface area contributed by atoms with Crippen LogP contribution < -0.4 is 0 Å². The fraction of sp³-hybridized carbons (Fsp3) is 0.444. The third kappa shape index (κ3) is 2.54. The smallest absolute Gasteiger partial charge is 0.138 e. The highest BCUT2D eigenvalue weighted by Gasteiger charge is 2.09. The van der Waals surface area contributed by atoms with Crippen molar-refractivity contribution in [2.45, 2.75) is 13.8 Å². The van der Waals surface area contributed by atoms with E-state index in [-0.39, 0.29) is 0 Å². The van der Waals surface area contributed by atoms with Crippen LogP contribution in [-0.2, 0) is 0 Å². The minimum atomic E-state index is 0.626. The summed E-state index contributed by atoms with van der Waals surface area (Å²) >= 11 is 4.99. The molecule has 1 heterocycles. The number of thiophene rings is 1. The van der Waals surface area contributed by atoms with E-state index in [1.165, 1.54) is 0 Å². The van der Waals surface area contributed by atoms with Gasteiger partial charge in [-0.3, -0.25) is 5.41 Å². The molecule has 0 spiro atoms. The van der Waals surface area contributed by atoms with Gasteiger partial charge >= 0.3 is 0 Å². The van der Waals surface area contributed by atoms with Gasteiger partial charge < -0.3 is 4.90 Å². The molecule has 0 unspecified atom stereocenters. The molecule has 1 rings (SSSR count). The van der Waals surface area contributed by atoms with E-state index in [1.807, 2.05) is 16.3 Å². The van der Waals surface area contributed by atoms with Crippen LogP contribution in [0.2, 0.25) is 0 Å². The quantitative estimate of drug-likeness (QED) is 0.656. The zero-order valence-electron chi connectivity index (χ0n) is 7.80. The molecular formula is C9H13BrN2S. The van der Waals surface area contributed by atoms with E-state index in [4.69, 9.17) is 5.41 Å². The van der Waals surface area contributed by atoms with Crippen LogP contribution >= 0.6 is 27.3 Å². The summed E-state index contributed by atoms with van der Waals surface area (Å²) in [6.07, 6.45) is 0. The molecule has 13 heavy (non-hydrogen) atoms. The Hall–Kier alpha value is -0.350. The molecule has 0 aliphatic rings. The van der Waals surface area contributed by atoms with Gasteiger partial charge in [-0.25, -0.2) is 0 Å². The molecule has 0 aliphatic heterocycles. The van der Waals surface area contributed by atoms with E-state index >= 15 is 0 Å². The maximum Gasteiger partial charge on any atom is 0.138 e. The lowest BCUT2D eigenvalue weighted by Crippen LogP contribution is -2.29. The zero-order valence-corrected chi connectivity index (χ0v) is 10.2. The van der Waals surface area contributed by atoms with Crippen molar-refractivity contribution in [2.24, 2.45) is 0 Å². The lowest BCUT2D eigenvalue weighted by Gasteiger charge is -2.20. The Morgan fingerprint density at radius 1 is 1.54 bits per heavy atom. The molecule has 0 fully saturated rings. The number of nitrogens with zero attached hydrogens (tertiary/aromatic N) is 1. The fourth-order valence-electron chi connectivity index (χ4n) is 1.13. The third-order valence-electron chi connectivity index (χ3n) is 1.88.